The second kappa shape index (κ2) is 15.1. The van der Waals surface area contributed by atoms with Crippen molar-refractivity contribution >= 4 is 14.4 Å². The molecule has 0 N–H and O–H groups in total. The van der Waals surface area contributed by atoms with Crippen molar-refractivity contribution < 1.29 is 23.0 Å². The summed E-state index contributed by atoms with van der Waals surface area (Å²) in [5.74, 6) is 0.707. The van der Waals surface area contributed by atoms with E-state index in [9.17, 15) is 13.6 Å². The number of carbonyl (C=O) groups is 1. The van der Waals surface area contributed by atoms with Crippen molar-refractivity contribution in [2.75, 3.05) is 13.2 Å². The summed E-state index contributed by atoms with van der Waals surface area (Å²) in [6, 6.07) is 2.77. The van der Waals surface area contributed by atoms with Crippen LogP contribution in [-0.4, -0.2) is 27.6 Å². The van der Waals surface area contributed by atoms with Crippen LogP contribution in [0, 0.1) is 29.4 Å². The minimum absolute atomic E-state index is 0. The first-order valence-corrected chi connectivity index (χ1v) is 12.2. The van der Waals surface area contributed by atoms with Crippen molar-refractivity contribution in [3.8, 4) is 5.75 Å². The summed E-state index contributed by atoms with van der Waals surface area (Å²) < 4.78 is 38.3. The van der Waals surface area contributed by atoms with Crippen molar-refractivity contribution in [1.29, 1.82) is 0 Å². The molecule has 1 aromatic rings. The molecule has 0 saturated heterocycles. The quantitative estimate of drug-likeness (QED) is 0.186. The predicted molar refractivity (Wildman–Crippen MR) is 131 cm³/mol. The van der Waals surface area contributed by atoms with Crippen LogP contribution in [0.3, 0.4) is 0 Å². The van der Waals surface area contributed by atoms with Gasteiger partial charge < -0.3 is 9.47 Å². The molecule has 3 rings (SSSR count). The Hall–Kier alpha value is -1.85. The van der Waals surface area contributed by atoms with E-state index in [1.807, 2.05) is 0 Å². The first kappa shape index (κ1) is 29.2. The van der Waals surface area contributed by atoms with Gasteiger partial charge in [-0.1, -0.05) is 65.9 Å². The molecule has 3 nitrogen and oxygen atoms in total. The Kier molecular flexibility index (Phi) is 13.4. The van der Waals surface area contributed by atoms with Crippen LogP contribution in [0.2, 0.25) is 0 Å². The molecule has 1 aromatic carbocycles. The molecule has 0 unspecified atom stereocenters. The minimum atomic E-state index is -0.674. The summed E-state index contributed by atoms with van der Waals surface area (Å²) in [4.78, 5) is 10.9. The van der Waals surface area contributed by atoms with Crippen molar-refractivity contribution in [3.63, 3.8) is 0 Å². The fourth-order valence-corrected chi connectivity index (χ4v) is 4.44. The molecule has 0 aromatic heterocycles. The smallest absolute Gasteiger partial charge is 0.330 e. The Balaban J connectivity index is 0.000000511. The maximum absolute atomic E-state index is 14.2. The number of rotatable bonds is 7. The van der Waals surface area contributed by atoms with E-state index in [-0.39, 0.29) is 33.3 Å². The molecule has 0 spiro atoms. The lowest BCUT2D eigenvalue weighted by molar-refractivity contribution is -0.137. The predicted octanol–water partition coefficient (Wildman–Crippen LogP) is 7.21. The van der Waals surface area contributed by atoms with E-state index >= 15 is 0 Å². The molecule has 183 valence electrons. The third-order valence-corrected chi connectivity index (χ3v) is 6.76. The number of carbonyl (C=O) groups excluding carboxylic acids is 1. The lowest BCUT2D eigenvalue weighted by Crippen LogP contribution is -2.12. The van der Waals surface area contributed by atoms with E-state index in [0.717, 1.165) is 43.6 Å². The molecule has 2 aliphatic rings. The van der Waals surface area contributed by atoms with Crippen molar-refractivity contribution in [1.82, 2.24) is 0 Å². The zero-order valence-corrected chi connectivity index (χ0v) is 20.6. The van der Waals surface area contributed by atoms with Crippen molar-refractivity contribution in [2.24, 2.45) is 17.8 Å². The number of esters is 1. The molecule has 0 atom stereocenters. The number of ether oxygens (including phenoxy) is 2. The van der Waals surface area contributed by atoms with Gasteiger partial charge in [0.1, 0.15) is 0 Å². The molecular formula is C27H40BF2O3. The van der Waals surface area contributed by atoms with E-state index in [4.69, 9.17) is 9.47 Å². The summed E-state index contributed by atoms with van der Waals surface area (Å²) in [6.45, 7) is 10.4. The van der Waals surface area contributed by atoms with Crippen LogP contribution >= 0.6 is 0 Å². The highest BCUT2D eigenvalue weighted by molar-refractivity contribution is 5.81. The number of hydrogen-bond acceptors (Lipinski definition) is 3. The molecule has 2 fully saturated rings. The zero-order chi connectivity index (χ0) is 23.5. The Morgan fingerprint density at radius 1 is 0.909 bits per heavy atom. The van der Waals surface area contributed by atoms with Gasteiger partial charge in [-0.3, -0.25) is 0 Å². The van der Waals surface area contributed by atoms with Gasteiger partial charge in [0.15, 0.2) is 17.4 Å². The Morgan fingerprint density at radius 3 is 1.82 bits per heavy atom. The Labute approximate surface area is 200 Å². The highest BCUT2D eigenvalue weighted by Gasteiger charge is 2.22. The highest BCUT2D eigenvalue weighted by Crippen LogP contribution is 2.37. The van der Waals surface area contributed by atoms with Gasteiger partial charge in [0, 0.05) is 20.9 Å². The first-order valence-electron chi connectivity index (χ1n) is 12.2. The van der Waals surface area contributed by atoms with E-state index in [0.29, 0.717) is 17.9 Å². The average molecular weight is 461 g/mol. The second-order valence-electron chi connectivity index (χ2n) is 9.71. The van der Waals surface area contributed by atoms with Crippen molar-refractivity contribution in [2.45, 2.75) is 84.5 Å². The maximum atomic E-state index is 14.2. The standard InChI is InChI=1S/C19H24F2O3.C8H16.B/c1-3-18(22)23-9-4-10-24-19-16(20)11-15(12-17(19)21)14-7-5-13(2)6-8-14;1-7-3-5-8(2)6-4-7;/h3,11-14H,1,4-10H2,2H3;7-8H,3-6H2,1-2H3;. The van der Waals surface area contributed by atoms with Crippen LogP contribution in [0.4, 0.5) is 8.78 Å². The van der Waals surface area contributed by atoms with E-state index in [1.165, 1.54) is 37.8 Å². The average Bonchev–Trinajstić information content (AvgIpc) is 2.77. The third kappa shape index (κ3) is 10.3. The summed E-state index contributed by atoms with van der Waals surface area (Å²) in [6.07, 6.45) is 11.4. The fourth-order valence-electron chi connectivity index (χ4n) is 4.44. The molecule has 6 heteroatoms. The molecule has 33 heavy (non-hydrogen) atoms. The first-order chi connectivity index (χ1) is 15.3. The van der Waals surface area contributed by atoms with E-state index in [2.05, 4.69) is 27.4 Å². The minimum Gasteiger partial charge on any atom is -0.487 e. The van der Waals surface area contributed by atoms with Gasteiger partial charge >= 0.3 is 5.97 Å². The monoisotopic (exact) mass is 461 g/mol. The van der Waals surface area contributed by atoms with Gasteiger partial charge in [-0.15, -0.1) is 0 Å². The number of hydrogen-bond donors (Lipinski definition) is 0. The van der Waals surface area contributed by atoms with Gasteiger partial charge in [-0.25, -0.2) is 13.6 Å². The topological polar surface area (TPSA) is 35.5 Å². The maximum Gasteiger partial charge on any atom is 0.330 e. The van der Waals surface area contributed by atoms with Crippen LogP contribution in [-0.2, 0) is 9.53 Å². The largest absolute Gasteiger partial charge is 0.487 e. The van der Waals surface area contributed by atoms with Crippen molar-refractivity contribution in [3.05, 3.63) is 42.0 Å². The van der Waals surface area contributed by atoms with Gasteiger partial charge in [-0.2, -0.15) is 0 Å². The molecular weight excluding hydrogens is 421 g/mol. The van der Waals surface area contributed by atoms with Gasteiger partial charge in [0.25, 0.3) is 0 Å². The summed E-state index contributed by atoms with van der Waals surface area (Å²) in [7, 11) is 0. The molecule has 2 aliphatic carbocycles. The Morgan fingerprint density at radius 2 is 1.36 bits per heavy atom. The van der Waals surface area contributed by atoms with Crippen LogP contribution in [0.1, 0.15) is 90.0 Å². The lowest BCUT2D eigenvalue weighted by atomic mass is 9.79. The summed E-state index contributed by atoms with van der Waals surface area (Å²) in [5.41, 5.74) is 0.712. The molecule has 0 amide bonds. The van der Waals surface area contributed by atoms with Crippen LogP contribution in [0.5, 0.6) is 5.75 Å². The summed E-state index contributed by atoms with van der Waals surface area (Å²) in [5, 5.41) is 0. The van der Waals surface area contributed by atoms with Crippen LogP contribution < -0.4 is 4.74 Å². The van der Waals surface area contributed by atoms with Gasteiger partial charge in [-0.05, 0) is 54.2 Å². The van der Waals surface area contributed by atoms with E-state index < -0.39 is 17.6 Å². The zero-order valence-electron chi connectivity index (χ0n) is 20.6. The number of benzene rings is 1. The van der Waals surface area contributed by atoms with Gasteiger partial charge in [0.05, 0.1) is 13.2 Å². The molecule has 0 heterocycles. The third-order valence-electron chi connectivity index (χ3n) is 6.76. The normalized spacial score (nSPS) is 24.5. The molecule has 2 saturated carbocycles. The van der Waals surface area contributed by atoms with Gasteiger partial charge in [0.2, 0.25) is 0 Å². The molecule has 0 aliphatic heterocycles. The molecule has 3 radical (unpaired) electrons. The SMILES string of the molecule is C=CC(=O)OCCCOc1c(F)cc(C2CCC(C)CC2)cc1F.CC1CCC(C)CC1.[B]. The summed E-state index contributed by atoms with van der Waals surface area (Å²) >= 11 is 0. The van der Waals surface area contributed by atoms with Crippen LogP contribution in [0.25, 0.3) is 0 Å². The second-order valence-corrected chi connectivity index (χ2v) is 9.71. The van der Waals surface area contributed by atoms with E-state index in [1.54, 1.807) is 0 Å². The fraction of sp³-hybridized carbons (Fsp3) is 0.667. The Bertz CT molecular complexity index is 691. The van der Waals surface area contributed by atoms with Crippen LogP contribution in [0.15, 0.2) is 24.8 Å². The molecule has 0 bridgehead atoms. The number of halogens is 2. The lowest BCUT2D eigenvalue weighted by Gasteiger charge is -2.26. The highest BCUT2D eigenvalue weighted by atomic mass is 19.1.